The van der Waals surface area contributed by atoms with Crippen LogP contribution in [0.2, 0.25) is 5.02 Å². The number of H-pyrrole nitrogens is 1. The Bertz CT molecular complexity index is 836. The average molecular weight is 395 g/mol. The van der Waals surface area contributed by atoms with Gasteiger partial charge in [0.2, 0.25) is 0 Å². The minimum absolute atomic E-state index is 0.340. The lowest BCUT2D eigenvalue weighted by molar-refractivity contribution is -0.0787. The molecule has 1 N–H and O–H groups in total. The summed E-state index contributed by atoms with van der Waals surface area (Å²) in [5.74, 6) is 0.462. The molecular formula is C20H25ClF2N4. The van der Waals surface area contributed by atoms with Gasteiger partial charge in [0.25, 0.3) is 0 Å². The quantitative estimate of drug-likeness (QED) is 0.821. The van der Waals surface area contributed by atoms with Crippen LogP contribution in [0.15, 0.2) is 12.1 Å². The van der Waals surface area contributed by atoms with Gasteiger partial charge in [-0.05, 0) is 37.8 Å². The van der Waals surface area contributed by atoms with Crippen molar-refractivity contribution < 1.29 is 8.78 Å². The maximum absolute atomic E-state index is 14.6. The molecule has 0 amide bonds. The normalized spacial score (nSPS) is 28.0. The minimum Gasteiger partial charge on any atom is -0.341 e. The third kappa shape index (κ3) is 3.36. The van der Waals surface area contributed by atoms with Gasteiger partial charge in [-0.25, -0.2) is 13.8 Å². The van der Waals surface area contributed by atoms with E-state index >= 15 is 0 Å². The Morgan fingerprint density at radius 2 is 1.96 bits per heavy atom. The monoisotopic (exact) mass is 394 g/mol. The molecule has 2 unspecified atom stereocenters. The molecule has 4 aliphatic rings. The second-order valence-corrected chi connectivity index (χ2v) is 8.96. The zero-order valence-corrected chi connectivity index (χ0v) is 16.1. The highest BCUT2D eigenvalue weighted by Gasteiger charge is 2.45. The van der Waals surface area contributed by atoms with E-state index in [9.17, 15) is 8.78 Å². The summed E-state index contributed by atoms with van der Waals surface area (Å²) in [6.07, 6.45) is 5.49. The largest absolute Gasteiger partial charge is 0.341 e. The summed E-state index contributed by atoms with van der Waals surface area (Å²) in [5.41, 5.74) is 0.358. The van der Waals surface area contributed by atoms with Crippen LogP contribution in [-0.4, -0.2) is 57.2 Å². The van der Waals surface area contributed by atoms with Gasteiger partial charge in [-0.15, -0.1) is 0 Å². The molecule has 1 saturated carbocycles. The summed E-state index contributed by atoms with van der Waals surface area (Å²) >= 11 is 6.09. The van der Waals surface area contributed by atoms with Crippen molar-refractivity contribution >= 4 is 22.6 Å². The number of imidazole rings is 1. The summed E-state index contributed by atoms with van der Waals surface area (Å²) in [7, 11) is 0. The van der Waals surface area contributed by atoms with Gasteiger partial charge in [0, 0.05) is 31.7 Å². The maximum atomic E-state index is 14.6. The van der Waals surface area contributed by atoms with Crippen LogP contribution in [0.1, 0.15) is 44.3 Å². The highest BCUT2D eigenvalue weighted by molar-refractivity contribution is 6.34. The molecule has 7 heteroatoms. The van der Waals surface area contributed by atoms with Crippen molar-refractivity contribution in [2.75, 3.05) is 19.6 Å². The van der Waals surface area contributed by atoms with Crippen LogP contribution < -0.4 is 0 Å². The van der Waals surface area contributed by atoms with Gasteiger partial charge in [0.15, 0.2) is 0 Å². The van der Waals surface area contributed by atoms with E-state index in [0.717, 1.165) is 51.1 Å². The molecule has 3 saturated heterocycles. The molecule has 0 radical (unpaired) electrons. The summed E-state index contributed by atoms with van der Waals surface area (Å²) in [5, 5.41) is 0.340. The Kier molecular flexibility index (Phi) is 4.41. The average Bonchev–Trinajstić information content (AvgIpc) is 3.21. The van der Waals surface area contributed by atoms with E-state index in [2.05, 4.69) is 19.8 Å². The number of alkyl halides is 1. The molecule has 2 bridgehead atoms. The molecule has 4 nitrogen and oxygen atoms in total. The summed E-state index contributed by atoms with van der Waals surface area (Å²) in [6.45, 7) is 3.56. The van der Waals surface area contributed by atoms with Crippen molar-refractivity contribution in [3.05, 3.63) is 28.8 Å². The van der Waals surface area contributed by atoms with E-state index in [1.54, 1.807) is 0 Å². The number of fused-ring (bicyclic) bond motifs is 3. The Labute approximate surface area is 162 Å². The molecule has 0 spiro atoms. The smallest absolute Gasteiger partial charge is 0.126 e. The Balaban J connectivity index is 1.19. The minimum atomic E-state index is -0.910. The van der Waals surface area contributed by atoms with Crippen LogP contribution in [-0.2, 0) is 6.54 Å². The Hall–Kier alpha value is -1.24. The molecule has 3 aliphatic heterocycles. The van der Waals surface area contributed by atoms with Gasteiger partial charge < -0.3 is 4.98 Å². The molecular weight excluding hydrogens is 370 g/mol. The topological polar surface area (TPSA) is 35.2 Å². The van der Waals surface area contributed by atoms with Crippen molar-refractivity contribution in [2.24, 2.45) is 0 Å². The van der Waals surface area contributed by atoms with Gasteiger partial charge in [-0.2, -0.15) is 0 Å². The number of halogens is 3. The van der Waals surface area contributed by atoms with Crippen molar-refractivity contribution in [2.45, 2.75) is 62.8 Å². The van der Waals surface area contributed by atoms with Gasteiger partial charge in [-0.3, -0.25) is 9.80 Å². The highest BCUT2D eigenvalue weighted by atomic mass is 35.5. The molecule has 1 aromatic carbocycles. The van der Waals surface area contributed by atoms with E-state index in [-0.39, 0.29) is 5.82 Å². The second kappa shape index (κ2) is 6.68. The fourth-order valence-electron chi connectivity index (χ4n) is 5.24. The van der Waals surface area contributed by atoms with Gasteiger partial charge in [-0.1, -0.05) is 24.4 Å². The highest BCUT2D eigenvalue weighted by Crippen LogP contribution is 2.39. The number of aromatic nitrogens is 2. The summed E-state index contributed by atoms with van der Waals surface area (Å²) in [6, 6.07) is 3.78. The molecule has 1 aromatic heterocycles. The first-order chi connectivity index (χ1) is 13.0. The van der Waals surface area contributed by atoms with Gasteiger partial charge in [0.05, 0.1) is 17.1 Å². The van der Waals surface area contributed by atoms with Crippen LogP contribution in [0.5, 0.6) is 0 Å². The van der Waals surface area contributed by atoms with Crippen LogP contribution >= 0.6 is 11.6 Å². The second-order valence-electron chi connectivity index (χ2n) is 8.55. The number of nitrogens with zero attached hydrogens (tertiary/aromatic N) is 3. The number of rotatable bonds is 5. The van der Waals surface area contributed by atoms with E-state index in [1.807, 2.05) is 0 Å². The first-order valence-corrected chi connectivity index (χ1v) is 10.4. The maximum Gasteiger partial charge on any atom is 0.126 e. The molecule has 146 valence electrons. The Morgan fingerprint density at radius 1 is 1.22 bits per heavy atom. The molecule has 4 heterocycles. The lowest BCUT2D eigenvalue weighted by atomic mass is 9.86. The number of nitrogens with one attached hydrogen (secondary N) is 1. The number of piperazine rings is 1. The fraction of sp³-hybridized carbons (Fsp3) is 0.650. The summed E-state index contributed by atoms with van der Waals surface area (Å²) < 4.78 is 28.2. The van der Waals surface area contributed by atoms with Crippen molar-refractivity contribution in [1.29, 1.82) is 0 Å². The molecule has 4 fully saturated rings. The molecule has 6 rings (SSSR count). The van der Waals surface area contributed by atoms with Crippen molar-refractivity contribution in [3.63, 3.8) is 0 Å². The molecule has 1 aliphatic carbocycles. The number of hydrogen-bond donors (Lipinski definition) is 1. The number of aromatic amines is 1. The lowest BCUT2D eigenvalue weighted by Gasteiger charge is -2.56. The van der Waals surface area contributed by atoms with Crippen molar-refractivity contribution in [1.82, 2.24) is 19.8 Å². The predicted molar refractivity (Wildman–Crippen MR) is 102 cm³/mol. The SMILES string of the molecule is Fc1cc(Cl)c2nc(CN3CC4CC(C3)N4CCC3(F)CCCC3)[nH]c2c1. The fourth-order valence-corrected chi connectivity index (χ4v) is 5.49. The van der Waals surface area contributed by atoms with Gasteiger partial charge >= 0.3 is 0 Å². The zero-order valence-electron chi connectivity index (χ0n) is 15.4. The van der Waals surface area contributed by atoms with E-state index in [0.29, 0.717) is 41.1 Å². The molecule has 2 aromatic rings. The van der Waals surface area contributed by atoms with E-state index < -0.39 is 5.67 Å². The Morgan fingerprint density at radius 3 is 2.70 bits per heavy atom. The van der Waals surface area contributed by atoms with Crippen LogP contribution in [0.25, 0.3) is 11.0 Å². The molecule has 27 heavy (non-hydrogen) atoms. The first-order valence-electron chi connectivity index (χ1n) is 10.00. The molecule has 2 atom stereocenters. The van der Waals surface area contributed by atoms with Gasteiger partial charge in [0.1, 0.15) is 22.8 Å². The number of hydrogen-bond acceptors (Lipinski definition) is 3. The van der Waals surface area contributed by atoms with E-state index in [4.69, 9.17) is 11.6 Å². The lowest BCUT2D eigenvalue weighted by Crippen LogP contribution is -2.68. The third-order valence-corrected chi connectivity index (χ3v) is 6.95. The standard InChI is InChI=1S/C20H25ClF2N4/c21-16-7-13(22)8-17-19(16)25-18(24-17)12-26-10-14-9-15(11-26)27(14)6-5-20(23)3-1-2-4-20/h7-8,14-15H,1-6,9-12H2,(H,24,25). The third-order valence-electron chi connectivity index (χ3n) is 6.67. The van der Waals surface area contributed by atoms with Crippen molar-refractivity contribution in [3.8, 4) is 0 Å². The van der Waals surface area contributed by atoms with Crippen LogP contribution in [0, 0.1) is 5.82 Å². The number of piperidine rings is 1. The summed E-state index contributed by atoms with van der Waals surface area (Å²) in [4.78, 5) is 12.6. The number of benzene rings is 1. The van der Waals surface area contributed by atoms with Crippen LogP contribution in [0.4, 0.5) is 8.78 Å². The first kappa shape index (κ1) is 17.8. The zero-order chi connectivity index (χ0) is 18.6. The predicted octanol–water partition coefficient (Wildman–Crippen LogP) is 4.29. The van der Waals surface area contributed by atoms with E-state index in [1.165, 1.54) is 18.6 Å². The van der Waals surface area contributed by atoms with Crippen LogP contribution in [0.3, 0.4) is 0 Å².